The Morgan fingerprint density at radius 1 is 1.91 bits per heavy atom. The van der Waals surface area contributed by atoms with Crippen LogP contribution in [-0.2, 0) is 0 Å². The molecule has 0 fully saturated rings. The van der Waals surface area contributed by atoms with E-state index in [2.05, 4.69) is 21.5 Å². The van der Waals surface area contributed by atoms with E-state index in [4.69, 9.17) is 5.73 Å². The first-order valence-corrected chi connectivity index (χ1v) is 3.20. The number of H-pyrrole nitrogens is 1. The zero-order valence-corrected chi connectivity index (χ0v) is 6.33. The summed E-state index contributed by atoms with van der Waals surface area (Å²) < 4.78 is 0. The Balaban J connectivity index is 2.94. The highest BCUT2D eigenvalue weighted by Crippen LogP contribution is 2.14. The number of nitrogens with two attached hydrogens (primary N) is 1. The largest absolute Gasteiger partial charge is 0.382 e. The van der Waals surface area contributed by atoms with Crippen molar-refractivity contribution in [3.63, 3.8) is 0 Å². The van der Waals surface area contributed by atoms with Crippen molar-refractivity contribution in [2.45, 2.75) is 6.92 Å². The topological polar surface area (TPSA) is 67.1 Å². The minimum absolute atomic E-state index is 0.478. The predicted octanol–water partition coefficient (Wildman–Crippen LogP) is 1.27. The third-order valence-corrected chi connectivity index (χ3v) is 1.23. The highest BCUT2D eigenvalue weighted by Gasteiger charge is 1.97. The molecule has 4 heteroatoms. The number of aromatic amines is 1. The van der Waals surface area contributed by atoms with Gasteiger partial charge in [0.2, 0.25) is 0 Å². The van der Waals surface area contributed by atoms with Crippen molar-refractivity contribution in [1.29, 1.82) is 0 Å². The smallest absolute Gasteiger partial charge is 0.194 e. The molecule has 1 rings (SSSR count). The summed E-state index contributed by atoms with van der Waals surface area (Å²) in [7, 11) is 0. The van der Waals surface area contributed by atoms with Gasteiger partial charge in [0.15, 0.2) is 5.82 Å². The molecule has 0 aromatic carbocycles. The molecule has 0 amide bonds. The number of rotatable bonds is 2. The number of nitrogen functional groups attached to an aromatic ring is 1. The van der Waals surface area contributed by atoms with Gasteiger partial charge in [-0.2, -0.15) is 0 Å². The zero-order valence-electron chi connectivity index (χ0n) is 6.33. The van der Waals surface area contributed by atoms with Gasteiger partial charge in [-0.25, -0.2) is 9.98 Å². The SMILES string of the molecule is C=CC(C)=Nc1nc[nH]c1N. The van der Waals surface area contributed by atoms with Crippen LogP contribution in [0.15, 0.2) is 24.0 Å². The molecule has 11 heavy (non-hydrogen) atoms. The second-order valence-electron chi connectivity index (χ2n) is 2.10. The van der Waals surface area contributed by atoms with E-state index in [1.807, 2.05) is 6.92 Å². The molecule has 0 unspecified atom stereocenters. The molecule has 0 aliphatic carbocycles. The van der Waals surface area contributed by atoms with Gasteiger partial charge >= 0.3 is 0 Å². The first-order valence-electron chi connectivity index (χ1n) is 3.20. The molecular weight excluding hydrogens is 140 g/mol. The Morgan fingerprint density at radius 3 is 3.09 bits per heavy atom. The lowest BCUT2D eigenvalue weighted by atomic mass is 10.4. The van der Waals surface area contributed by atoms with Gasteiger partial charge in [-0.05, 0) is 13.0 Å². The predicted molar refractivity (Wildman–Crippen MR) is 46.0 cm³/mol. The van der Waals surface area contributed by atoms with Crippen LogP contribution in [0.1, 0.15) is 6.92 Å². The van der Waals surface area contributed by atoms with Crippen molar-refractivity contribution in [3.05, 3.63) is 19.0 Å². The van der Waals surface area contributed by atoms with Crippen LogP contribution in [0.5, 0.6) is 0 Å². The van der Waals surface area contributed by atoms with Crippen molar-refractivity contribution in [3.8, 4) is 0 Å². The van der Waals surface area contributed by atoms with Gasteiger partial charge in [-0.3, -0.25) is 0 Å². The second-order valence-corrected chi connectivity index (χ2v) is 2.10. The Hall–Kier alpha value is -1.58. The molecule has 0 aliphatic rings. The Labute approximate surface area is 64.9 Å². The number of nitrogens with one attached hydrogen (secondary N) is 1. The molecule has 0 saturated carbocycles. The third-order valence-electron chi connectivity index (χ3n) is 1.23. The maximum atomic E-state index is 5.48. The molecule has 0 spiro atoms. The summed E-state index contributed by atoms with van der Waals surface area (Å²) in [6.45, 7) is 5.40. The lowest BCUT2D eigenvalue weighted by Crippen LogP contribution is -1.86. The quantitative estimate of drug-likeness (QED) is 0.623. The molecule has 0 radical (unpaired) electrons. The van der Waals surface area contributed by atoms with E-state index >= 15 is 0 Å². The van der Waals surface area contributed by atoms with Gasteiger partial charge in [-0.15, -0.1) is 0 Å². The number of allylic oxidation sites excluding steroid dienone is 1. The summed E-state index contributed by atoms with van der Waals surface area (Å²) in [4.78, 5) is 10.7. The van der Waals surface area contributed by atoms with Crippen LogP contribution in [0.25, 0.3) is 0 Å². The molecule has 1 aromatic rings. The summed E-state index contributed by atoms with van der Waals surface area (Å²) >= 11 is 0. The van der Waals surface area contributed by atoms with E-state index < -0.39 is 0 Å². The molecule has 1 aromatic heterocycles. The van der Waals surface area contributed by atoms with Gasteiger partial charge in [0, 0.05) is 5.71 Å². The first kappa shape index (κ1) is 7.53. The fraction of sp³-hybridized carbons (Fsp3) is 0.143. The molecule has 3 N–H and O–H groups in total. The van der Waals surface area contributed by atoms with Gasteiger partial charge in [0.1, 0.15) is 5.82 Å². The minimum atomic E-state index is 0.478. The lowest BCUT2D eigenvalue weighted by molar-refractivity contribution is 1.30. The van der Waals surface area contributed by atoms with E-state index in [9.17, 15) is 0 Å². The lowest BCUT2D eigenvalue weighted by Gasteiger charge is -1.89. The van der Waals surface area contributed by atoms with Crippen LogP contribution in [0.4, 0.5) is 11.6 Å². The summed E-state index contributed by atoms with van der Waals surface area (Å²) in [6.07, 6.45) is 3.15. The van der Waals surface area contributed by atoms with E-state index in [0.29, 0.717) is 11.6 Å². The maximum absolute atomic E-state index is 5.48. The summed E-state index contributed by atoms with van der Waals surface area (Å²) in [6, 6.07) is 0. The van der Waals surface area contributed by atoms with Crippen LogP contribution < -0.4 is 5.73 Å². The van der Waals surface area contributed by atoms with Crippen LogP contribution in [-0.4, -0.2) is 15.7 Å². The number of hydrogen-bond acceptors (Lipinski definition) is 3. The molecule has 58 valence electrons. The number of imidazole rings is 1. The van der Waals surface area contributed by atoms with Crippen LogP contribution in [0, 0.1) is 0 Å². The molecule has 4 nitrogen and oxygen atoms in total. The van der Waals surface area contributed by atoms with Crippen LogP contribution in [0.3, 0.4) is 0 Å². The second kappa shape index (κ2) is 3.01. The van der Waals surface area contributed by atoms with Crippen molar-refractivity contribution >= 4 is 17.3 Å². The van der Waals surface area contributed by atoms with Gasteiger partial charge in [0.05, 0.1) is 6.33 Å². The number of aliphatic imine (C=N–C) groups is 1. The Morgan fingerprint density at radius 2 is 2.64 bits per heavy atom. The fourth-order valence-electron chi connectivity index (χ4n) is 0.599. The highest BCUT2D eigenvalue weighted by molar-refractivity contribution is 5.94. The first-order chi connectivity index (χ1) is 5.24. The molecule has 0 atom stereocenters. The average Bonchev–Trinajstić information content (AvgIpc) is 2.37. The normalized spacial score (nSPS) is 11.5. The van der Waals surface area contributed by atoms with Crippen molar-refractivity contribution < 1.29 is 0 Å². The molecule has 0 bridgehead atoms. The Kier molecular flexibility index (Phi) is 2.06. The summed E-state index contributed by atoms with van der Waals surface area (Å²) in [5.74, 6) is 0.994. The standard InChI is InChI=1S/C7H10N4/c1-3-5(2)11-7-6(8)9-4-10-7/h3-4H,1,8H2,2H3,(H,9,10). The van der Waals surface area contributed by atoms with Crippen molar-refractivity contribution in [2.24, 2.45) is 4.99 Å². The molecular formula is C7H10N4. The highest BCUT2D eigenvalue weighted by atomic mass is 15.0. The number of aromatic nitrogens is 2. The van der Waals surface area contributed by atoms with E-state index in [0.717, 1.165) is 5.71 Å². The monoisotopic (exact) mass is 150 g/mol. The van der Waals surface area contributed by atoms with Gasteiger partial charge < -0.3 is 10.7 Å². The van der Waals surface area contributed by atoms with E-state index in [1.54, 1.807) is 6.08 Å². The van der Waals surface area contributed by atoms with Crippen LogP contribution in [0.2, 0.25) is 0 Å². The van der Waals surface area contributed by atoms with Gasteiger partial charge in [0.25, 0.3) is 0 Å². The summed E-state index contributed by atoms with van der Waals surface area (Å²) in [5.41, 5.74) is 6.28. The third kappa shape index (κ3) is 1.67. The fourth-order valence-corrected chi connectivity index (χ4v) is 0.599. The molecule has 0 saturated heterocycles. The van der Waals surface area contributed by atoms with E-state index in [-0.39, 0.29) is 0 Å². The van der Waals surface area contributed by atoms with E-state index in [1.165, 1.54) is 6.33 Å². The average molecular weight is 150 g/mol. The van der Waals surface area contributed by atoms with Crippen molar-refractivity contribution in [2.75, 3.05) is 5.73 Å². The minimum Gasteiger partial charge on any atom is -0.382 e. The number of hydrogen-bond donors (Lipinski definition) is 2. The van der Waals surface area contributed by atoms with Crippen molar-refractivity contribution in [1.82, 2.24) is 9.97 Å². The molecule has 1 heterocycles. The maximum Gasteiger partial charge on any atom is 0.194 e. The summed E-state index contributed by atoms with van der Waals surface area (Å²) in [5, 5.41) is 0. The zero-order chi connectivity index (χ0) is 8.27. The molecule has 0 aliphatic heterocycles. The Bertz CT molecular complexity index is 284. The number of anilines is 1. The number of nitrogens with zero attached hydrogens (tertiary/aromatic N) is 2. The van der Waals surface area contributed by atoms with Crippen LogP contribution >= 0.6 is 0 Å². The van der Waals surface area contributed by atoms with Gasteiger partial charge in [-0.1, -0.05) is 6.58 Å².